The average Bonchev–Trinajstić information content (AvgIpc) is 2.64. The lowest BCUT2D eigenvalue weighted by molar-refractivity contribution is 0.0790. The van der Waals surface area contributed by atoms with Crippen LogP contribution in [0.5, 0.6) is 0 Å². The maximum atomic E-state index is 12.5. The molecule has 0 fully saturated rings. The first kappa shape index (κ1) is 17.3. The molecule has 2 aromatic heterocycles. The van der Waals surface area contributed by atoms with Gasteiger partial charge in [-0.15, -0.1) is 6.58 Å². The van der Waals surface area contributed by atoms with E-state index in [2.05, 4.69) is 21.9 Å². The summed E-state index contributed by atoms with van der Waals surface area (Å²) in [5, 5.41) is 2.64. The van der Waals surface area contributed by atoms with Gasteiger partial charge < -0.3 is 10.2 Å². The molecule has 0 atom stereocenters. The van der Waals surface area contributed by atoms with E-state index >= 15 is 0 Å². The van der Waals surface area contributed by atoms with Gasteiger partial charge in [0.05, 0.1) is 0 Å². The van der Waals surface area contributed by atoms with Crippen molar-refractivity contribution in [2.24, 2.45) is 0 Å². The highest BCUT2D eigenvalue weighted by molar-refractivity contribution is 5.96. The minimum absolute atomic E-state index is 0.213. The molecule has 2 amide bonds. The second kappa shape index (κ2) is 8.57. The Hall–Kier alpha value is -3.02. The number of carbonyl (C=O) groups is 2. The number of likely N-dealkylation sites (N-methyl/N-ethyl adjacent to an activating group) is 1. The zero-order valence-corrected chi connectivity index (χ0v) is 13.6. The van der Waals surface area contributed by atoms with Crippen LogP contribution in [0.1, 0.15) is 26.5 Å². The van der Waals surface area contributed by atoms with E-state index in [1.54, 1.807) is 48.6 Å². The van der Waals surface area contributed by atoms with Crippen molar-refractivity contribution in [2.75, 3.05) is 20.1 Å². The van der Waals surface area contributed by atoms with Gasteiger partial charge in [-0.3, -0.25) is 14.6 Å². The number of hydrogen-bond acceptors (Lipinski definition) is 4. The summed E-state index contributed by atoms with van der Waals surface area (Å²) >= 11 is 0. The molecule has 0 saturated heterocycles. The number of carbonyl (C=O) groups excluding carboxylic acids is 2. The molecule has 124 valence electrons. The SMILES string of the molecule is C=CCNC(=O)c1cccc(C(=O)N(C)CCc2ccncc2)n1. The van der Waals surface area contributed by atoms with Crippen molar-refractivity contribution in [1.29, 1.82) is 0 Å². The number of nitrogens with zero attached hydrogens (tertiary/aromatic N) is 3. The van der Waals surface area contributed by atoms with Crippen molar-refractivity contribution in [3.8, 4) is 0 Å². The number of nitrogens with one attached hydrogen (secondary N) is 1. The Bertz CT molecular complexity index is 716. The van der Waals surface area contributed by atoms with E-state index in [-0.39, 0.29) is 23.2 Å². The van der Waals surface area contributed by atoms with E-state index in [9.17, 15) is 9.59 Å². The standard InChI is InChI=1S/C18H20N4O2/c1-3-10-20-17(23)15-5-4-6-16(21-15)18(24)22(2)13-9-14-7-11-19-12-8-14/h3-8,11-12H,1,9-10,13H2,2H3,(H,20,23). The van der Waals surface area contributed by atoms with Gasteiger partial charge in [0.2, 0.25) is 0 Å². The molecule has 0 aliphatic rings. The van der Waals surface area contributed by atoms with Crippen LogP contribution < -0.4 is 5.32 Å². The monoisotopic (exact) mass is 324 g/mol. The molecule has 0 unspecified atom stereocenters. The largest absolute Gasteiger partial charge is 0.347 e. The van der Waals surface area contributed by atoms with E-state index in [1.807, 2.05) is 12.1 Å². The minimum atomic E-state index is -0.330. The Morgan fingerprint density at radius 3 is 2.62 bits per heavy atom. The van der Waals surface area contributed by atoms with E-state index in [4.69, 9.17) is 0 Å². The molecule has 6 heteroatoms. The highest BCUT2D eigenvalue weighted by Crippen LogP contribution is 2.05. The fraction of sp³-hybridized carbons (Fsp3) is 0.222. The number of pyridine rings is 2. The molecule has 0 aliphatic heterocycles. The van der Waals surface area contributed by atoms with Gasteiger partial charge in [0.25, 0.3) is 11.8 Å². The predicted octanol–water partition coefficient (Wildman–Crippen LogP) is 1.71. The minimum Gasteiger partial charge on any atom is -0.347 e. The zero-order valence-electron chi connectivity index (χ0n) is 13.6. The maximum absolute atomic E-state index is 12.5. The summed E-state index contributed by atoms with van der Waals surface area (Å²) in [6.45, 7) is 4.45. The van der Waals surface area contributed by atoms with Crippen LogP contribution in [0.2, 0.25) is 0 Å². The van der Waals surface area contributed by atoms with Gasteiger partial charge in [0, 0.05) is 32.5 Å². The van der Waals surface area contributed by atoms with Crippen LogP contribution in [0.3, 0.4) is 0 Å². The lowest BCUT2D eigenvalue weighted by Gasteiger charge is -2.17. The zero-order chi connectivity index (χ0) is 17.4. The van der Waals surface area contributed by atoms with Gasteiger partial charge in [-0.05, 0) is 36.2 Å². The Balaban J connectivity index is 2.00. The third-order valence-corrected chi connectivity index (χ3v) is 3.44. The fourth-order valence-corrected chi connectivity index (χ4v) is 2.08. The van der Waals surface area contributed by atoms with Gasteiger partial charge in [-0.1, -0.05) is 12.1 Å². The van der Waals surface area contributed by atoms with Crippen LogP contribution in [-0.2, 0) is 6.42 Å². The van der Waals surface area contributed by atoms with E-state index in [1.165, 1.54) is 0 Å². The fourth-order valence-electron chi connectivity index (χ4n) is 2.08. The summed E-state index contributed by atoms with van der Waals surface area (Å²) in [6, 6.07) is 8.67. The molecule has 24 heavy (non-hydrogen) atoms. The van der Waals surface area contributed by atoms with Crippen LogP contribution in [-0.4, -0.2) is 46.8 Å². The van der Waals surface area contributed by atoms with Crippen molar-refractivity contribution in [1.82, 2.24) is 20.2 Å². The van der Waals surface area contributed by atoms with Crippen molar-refractivity contribution >= 4 is 11.8 Å². The highest BCUT2D eigenvalue weighted by atomic mass is 16.2. The molecule has 2 heterocycles. The molecule has 2 rings (SSSR count). The van der Waals surface area contributed by atoms with Gasteiger partial charge in [0.1, 0.15) is 11.4 Å². The molecule has 0 aromatic carbocycles. The third kappa shape index (κ3) is 4.74. The molecule has 0 saturated carbocycles. The molecule has 2 aromatic rings. The van der Waals surface area contributed by atoms with E-state index in [0.717, 1.165) is 12.0 Å². The average molecular weight is 324 g/mol. The molecule has 0 bridgehead atoms. The first-order valence-electron chi connectivity index (χ1n) is 7.62. The van der Waals surface area contributed by atoms with E-state index in [0.29, 0.717) is 13.1 Å². The lowest BCUT2D eigenvalue weighted by Crippen LogP contribution is -2.30. The maximum Gasteiger partial charge on any atom is 0.272 e. The van der Waals surface area contributed by atoms with Crippen LogP contribution in [0.25, 0.3) is 0 Å². The van der Waals surface area contributed by atoms with Gasteiger partial charge >= 0.3 is 0 Å². The van der Waals surface area contributed by atoms with Crippen LogP contribution >= 0.6 is 0 Å². The molecular weight excluding hydrogens is 304 g/mol. The van der Waals surface area contributed by atoms with Crippen LogP contribution in [0, 0.1) is 0 Å². The quantitative estimate of drug-likeness (QED) is 0.787. The van der Waals surface area contributed by atoms with Crippen molar-refractivity contribution in [3.05, 3.63) is 72.3 Å². The summed E-state index contributed by atoms with van der Waals surface area (Å²) in [5.74, 6) is -0.550. The Morgan fingerprint density at radius 2 is 1.92 bits per heavy atom. The predicted molar refractivity (Wildman–Crippen MR) is 91.7 cm³/mol. The summed E-state index contributed by atoms with van der Waals surface area (Å²) in [4.78, 5) is 34.1. The Labute approximate surface area is 141 Å². The van der Waals surface area contributed by atoms with Gasteiger partial charge in [-0.25, -0.2) is 4.98 Å². The first-order chi connectivity index (χ1) is 11.6. The Kier molecular flexibility index (Phi) is 6.19. The summed E-state index contributed by atoms with van der Waals surface area (Å²) in [7, 11) is 1.72. The number of aromatic nitrogens is 2. The first-order valence-corrected chi connectivity index (χ1v) is 7.62. The number of rotatable bonds is 7. The molecule has 0 radical (unpaired) electrons. The van der Waals surface area contributed by atoms with Crippen LogP contribution in [0.15, 0.2) is 55.4 Å². The number of amides is 2. The summed E-state index contributed by atoms with van der Waals surface area (Å²) in [5.41, 5.74) is 1.57. The van der Waals surface area contributed by atoms with Crippen molar-refractivity contribution in [2.45, 2.75) is 6.42 Å². The smallest absolute Gasteiger partial charge is 0.272 e. The summed E-state index contributed by atoms with van der Waals surface area (Å²) in [6.07, 6.45) is 5.76. The van der Waals surface area contributed by atoms with Gasteiger partial charge in [0.15, 0.2) is 0 Å². The second-order valence-corrected chi connectivity index (χ2v) is 5.24. The summed E-state index contributed by atoms with van der Waals surface area (Å²) < 4.78 is 0. The topological polar surface area (TPSA) is 75.2 Å². The van der Waals surface area contributed by atoms with Gasteiger partial charge in [-0.2, -0.15) is 0 Å². The third-order valence-electron chi connectivity index (χ3n) is 3.44. The van der Waals surface area contributed by atoms with E-state index < -0.39 is 0 Å². The Morgan fingerprint density at radius 1 is 1.21 bits per heavy atom. The normalized spacial score (nSPS) is 10.0. The highest BCUT2D eigenvalue weighted by Gasteiger charge is 2.15. The molecule has 0 aliphatic carbocycles. The van der Waals surface area contributed by atoms with Crippen molar-refractivity contribution < 1.29 is 9.59 Å². The molecule has 0 spiro atoms. The lowest BCUT2D eigenvalue weighted by atomic mass is 10.2. The van der Waals surface area contributed by atoms with Crippen LogP contribution in [0.4, 0.5) is 0 Å². The molecule has 6 nitrogen and oxygen atoms in total. The molecule has 1 N–H and O–H groups in total. The molecular formula is C18H20N4O2. The van der Waals surface area contributed by atoms with Crippen molar-refractivity contribution in [3.63, 3.8) is 0 Å². The second-order valence-electron chi connectivity index (χ2n) is 5.24. The number of hydrogen-bond donors (Lipinski definition) is 1.